The zero-order valence-corrected chi connectivity index (χ0v) is 16.4. The smallest absolute Gasteiger partial charge is 0.257 e. The average molecular weight is 394 g/mol. The number of halogens is 1. The molecule has 2 heterocycles. The number of fused-ring (bicyclic) bond motifs is 1. The third-order valence-electron chi connectivity index (χ3n) is 4.57. The summed E-state index contributed by atoms with van der Waals surface area (Å²) < 4.78 is 1.61. The molecule has 1 atom stereocenters. The lowest BCUT2D eigenvalue weighted by molar-refractivity contribution is 0.514. The number of hydrogen-bond acceptors (Lipinski definition) is 3. The van der Waals surface area contributed by atoms with Crippen LogP contribution < -0.4 is 16.2 Å². The fourth-order valence-corrected chi connectivity index (χ4v) is 3.23. The highest BCUT2D eigenvalue weighted by Crippen LogP contribution is 2.22. The van der Waals surface area contributed by atoms with Crippen LogP contribution in [0.1, 0.15) is 28.6 Å². The molecule has 2 N–H and O–H groups in total. The maximum absolute atomic E-state index is 12.6. The van der Waals surface area contributed by atoms with Crippen LogP contribution in [0.25, 0.3) is 0 Å². The predicted molar refractivity (Wildman–Crippen MR) is 112 cm³/mol. The molecule has 6 nitrogen and oxygen atoms in total. The van der Waals surface area contributed by atoms with Gasteiger partial charge in [-0.1, -0.05) is 53.6 Å². The van der Waals surface area contributed by atoms with Crippen LogP contribution in [0.3, 0.4) is 0 Å². The van der Waals surface area contributed by atoms with E-state index in [1.807, 2.05) is 55.5 Å². The van der Waals surface area contributed by atoms with Crippen LogP contribution in [0.15, 0.2) is 64.4 Å². The van der Waals surface area contributed by atoms with Crippen molar-refractivity contribution in [1.82, 2.24) is 14.9 Å². The second kappa shape index (κ2) is 7.48. The summed E-state index contributed by atoms with van der Waals surface area (Å²) in [6.07, 6.45) is -0.388. The minimum absolute atomic E-state index is 0.121. The Morgan fingerprint density at radius 1 is 1.11 bits per heavy atom. The van der Waals surface area contributed by atoms with Crippen molar-refractivity contribution in [3.63, 3.8) is 0 Å². The number of rotatable bonds is 3. The highest BCUT2D eigenvalue weighted by atomic mass is 35.5. The normalized spacial score (nSPS) is 17.0. The van der Waals surface area contributed by atoms with Gasteiger partial charge in [-0.25, -0.2) is 9.98 Å². The Kier molecular flexibility index (Phi) is 4.88. The Morgan fingerprint density at radius 2 is 1.82 bits per heavy atom. The number of nitrogens with zero attached hydrogens (tertiary/aromatic N) is 3. The molecule has 4 rings (SSSR count). The quantitative estimate of drug-likeness (QED) is 0.712. The van der Waals surface area contributed by atoms with E-state index in [4.69, 9.17) is 11.6 Å². The minimum Gasteiger partial charge on any atom is -0.331 e. The molecule has 7 heteroatoms. The molecule has 28 heavy (non-hydrogen) atoms. The second-order valence-corrected chi connectivity index (χ2v) is 7.24. The molecule has 0 spiro atoms. The van der Waals surface area contributed by atoms with E-state index in [1.54, 1.807) is 11.5 Å². The zero-order chi connectivity index (χ0) is 19.7. The summed E-state index contributed by atoms with van der Waals surface area (Å²) in [4.78, 5) is 21.8. The number of aromatic nitrogens is 2. The van der Waals surface area contributed by atoms with E-state index in [0.29, 0.717) is 29.2 Å². The first-order valence-electron chi connectivity index (χ1n) is 8.99. The van der Waals surface area contributed by atoms with Gasteiger partial charge in [-0.2, -0.15) is 0 Å². The van der Waals surface area contributed by atoms with Crippen LogP contribution in [0.2, 0.25) is 5.02 Å². The number of benzene rings is 2. The Balaban J connectivity index is 1.71. The van der Waals surface area contributed by atoms with Crippen molar-refractivity contribution in [3.8, 4) is 0 Å². The summed E-state index contributed by atoms with van der Waals surface area (Å²) in [5.74, 6) is 1.04. The van der Waals surface area contributed by atoms with Gasteiger partial charge in [-0.15, -0.1) is 0 Å². The van der Waals surface area contributed by atoms with E-state index in [0.717, 1.165) is 16.7 Å². The van der Waals surface area contributed by atoms with Gasteiger partial charge in [0.25, 0.3) is 5.56 Å². The number of guanidine groups is 1. The van der Waals surface area contributed by atoms with Crippen LogP contribution in [0, 0.1) is 13.8 Å². The van der Waals surface area contributed by atoms with Crippen molar-refractivity contribution in [2.24, 2.45) is 4.99 Å². The molecule has 2 aromatic carbocycles. The monoisotopic (exact) mass is 393 g/mol. The summed E-state index contributed by atoms with van der Waals surface area (Å²) in [7, 11) is 0. The fraction of sp³-hybridized carbons (Fsp3) is 0.190. The molecule has 0 amide bonds. The Labute approximate surface area is 167 Å². The van der Waals surface area contributed by atoms with Crippen LogP contribution in [-0.4, -0.2) is 15.5 Å². The molecule has 1 aliphatic heterocycles. The van der Waals surface area contributed by atoms with Crippen molar-refractivity contribution < 1.29 is 0 Å². The molecule has 1 aromatic heterocycles. The molecule has 1 aliphatic rings. The van der Waals surface area contributed by atoms with E-state index in [9.17, 15) is 4.79 Å². The van der Waals surface area contributed by atoms with Gasteiger partial charge in [-0.05, 0) is 37.1 Å². The highest BCUT2D eigenvalue weighted by Gasteiger charge is 2.26. The molecular formula is C21H20ClN5O. The lowest BCUT2D eigenvalue weighted by Crippen LogP contribution is -2.48. The SMILES string of the molecule is Cc1ccc([C@@H]2NC(=NCc3ccc(Cl)cc3)Nc3nc(C)cc(=O)n32)cc1. The van der Waals surface area contributed by atoms with E-state index in [-0.39, 0.29) is 11.7 Å². The second-order valence-electron chi connectivity index (χ2n) is 6.80. The largest absolute Gasteiger partial charge is 0.331 e. The van der Waals surface area contributed by atoms with Crippen molar-refractivity contribution in [3.05, 3.63) is 92.4 Å². The molecule has 3 aromatic rings. The van der Waals surface area contributed by atoms with E-state index in [2.05, 4.69) is 20.6 Å². The number of aliphatic imine (C=N–C) groups is 1. The van der Waals surface area contributed by atoms with Crippen molar-refractivity contribution in [1.29, 1.82) is 0 Å². The van der Waals surface area contributed by atoms with Crippen LogP contribution in [-0.2, 0) is 6.54 Å². The number of nitrogens with one attached hydrogen (secondary N) is 2. The van der Waals surface area contributed by atoms with Gasteiger partial charge in [0.15, 0.2) is 5.96 Å². The summed E-state index contributed by atoms with van der Waals surface area (Å²) in [6, 6.07) is 17.1. The first kappa shape index (κ1) is 18.3. The van der Waals surface area contributed by atoms with Gasteiger partial charge in [0.1, 0.15) is 6.17 Å². The molecule has 0 bridgehead atoms. The molecule has 0 radical (unpaired) electrons. The molecule has 0 saturated carbocycles. The van der Waals surface area contributed by atoms with Gasteiger partial charge in [0, 0.05) is 16.8 Å². The van der Waals surface area contributed by atoms with E-state index in [1.165, 1.54) is 6.07 Å². The lowest BCUT2D eigenvalue weighted by atomic mass is 10.1. The number of anilines is 1. The first-order valence-corrected chi connectivity index (χ1v) is 9.36. The average Bonchev–Trinajstić information content (AvgIpc) is 2.67. The zero-order valence-electron chi connectivity index (χ0n) is 15.6. The maximum Gasteiger partial charge on any atom is 0.257 e. The Bertz CT molecular complexity index is 1090. The van der Waals surface area contributed by atoms with E-state index < -0.39 is 0 Å². The maximum atomic E-state index is 12.6. The molecule has 142 valence electrons. The van der Waals surface area contributed by atoms with Crippen LogP contribution in [0.5, 0.6) is 0 Å². The lowest BCUT2D eigenvalue weighted by Gasteiger charge is -2.31. The summed E-state index contributed by atoms with van der Waals surface area (Å²) in [5, 5.41) is 7.15. The Hall–Kier alpha value is -3.12. The standard InChI is InChI=1S/C21H20ClN5O/c1-13-3-7-16(8-4-13)19-25-20(23-12-15-5-9-17(22)10-6-15)26-21-24-14(2)11-18(28)27(19)21/h3-11,19H,12H2,1-2H3,(H2,23,24,25,26)/t19-/m1/s1. The highest BCUT2D eigenvalue weighted by molar-refractivity contribution is 6.30. The van der Waals surface area contributed by atoms with Crippen molar-refractivity contribution in [2.75, 3.05) is 5.32 Å². The summed E-state index contributed by atoms with van der Waals surface area (Å²) in [6.45, 7) is 4.31. The topological polar surface area (TPSA) is 71.3 Å². The van der Waals surface area contributed by atoms with Crippen LogP contribution >= 0.6 is 11.6 Å². The third kappa shape index (κ3) is 3.77. The van der Waals surface area contributed by atoms with Gasteiger partial charge in [0.05, 0.1) is 6.54 Å². The summed E-state index contributed by atoms with van der Waals surface area (Å²) >= 11 is 5.94. The molecule has 0 unspecified atom stereocenters. The van der Waals surface area contributed by atoms with Gasteiger partial charge < -0.3 is 5.32 Å². The third-order valence-corrected chi connectivity index (χ3v) is 4.82. The van der Waals surface area contributed by atoms with Gasteiger partial charge >= 0.3 is 0 Å². The molecule has 0 aliphatic carbocycles. The first-order chi connectivity index (χ1) is 13.5. The van der Waals surface area contributed by atoms with Crippen LogP contribution in [0.4, 0.5) is 5.95 Å². The molecule has 0 saturated heterocycles. The van der Waals surface area contributed by atoms with Crippen molar-refractivity contribution in [2.45, 2.75) is 26.6 Å². The van der Waals surface area contributed by atoms with E-state index >= 15 is 0 Å². The fourth-order valence-electron chi connectivity index (χ4n) is 3.11. The minimum atomic E-state index is -0.388. The molecule has 0 fully saturated rings. The number of hydrogen-bond donors (Lipinski definition) is 2. The Morgan fingerprint density at radius 3 is 2.54 bits per heavy atom. The van der Waals surface area contributed by atoms with Gasteiger partial charge in [0.2, 0.25) is 5.95 Å². The summed E-state index contributed by atoms with van der Waals surface area (Å²) in [5.41, 5.74) is 3.69. The number of aryl methyl sites for hydroxylation is 2. The van der Waals surface area contributed by atoms with Crippen molar-refractivity contribution >= 4 is 23.5 Å². The predicted octanol–water partition coefficient (Wildman–Crippen LogP) is 3.63. The van der Waals surface area contributed by atoms with Gasteiger partial charge in [-0.3, -0.25) is 14.7 Å². The molecular weight excluding hydrogens is 374 g/mol.